The minimum atomic E-state index is -0.420. The minimum absolute atomic E-state index is 0.0910. The van der Waals surface area contributed by atoms with Crippen LogP contribution in [-0.4, -0.2) is 43.0 Å². The van der Waals surface area contributed by atoms with Crippen molar-refractivity contribution in [3.63, 3.8) is 0 Å². The van der Waals surface area contributed by atoms with Crippen LogP contribution in [0, 0.1) is 5.41 Å². The maximum Gasteiger partial charge on any atom is 0.240 e. The summed E-state index contributed by atoms with van der Waals surface area (Å²) >= 11 is 0. The van der Waals surface area contributed by atoms with E-state index in [0.717, 1.165) is 25.9 Å². The summed E-state index contributed by atoms with van der Waals surface area (Å²) in [6, 6.07) is 10.5. The van der Waals surface area contributed by atoms with Crippen molar-refractivity contribution in [1.82, 2.24) is 4.90 Å². The number of carbonyl (C=O) groups is 1. The van der Waals surface area contributed by atoms with Crippen LogP contribution in [0.25, 0.3) is 0 Å². The predicted octanol–water partition coefficient (Wildman–Crippen LogP) is 2.49. The molecule has 0 spiro atoms. The number of rotatable bonds is 3. The molecule has 1 aliphatic heterocycles. The Morgan fingerprint density at radius 2 is 1.77 bits per heavy atom. The summed E-state index contributed by atoms with van der Waals surface area (Å²) in [5.74, 6) is 0.0910. The summed E-state index contributed by atoms with van der Waals surface area (Å²) in [6.07, 6.45) is 1.99. The largest absolute Gasteiger partial charge is 0.371 e. The van der Waals surface area contributed by atoms with Crippen LogP contribution >= 0.6 is 0 Å². The lowest BCUT2D eigenvalue weighted by Gasteiger charge is -2.40. The molecule has 0 bridgehead atoms. The van der Waals surface area contributed by atoms with Gasteiger partial charge in [0, 0.05) is 31.9 Å². The molecule has 0 unspecified atom stereocenters. The Hall–Kier alpha value is -1.55. The average molecular weight is 303 g/mol. The maximum atomic E-state index is 12.5. The van der Waals surface area contributed by atoms with E-state index in [2.05, 4.69) is 36.2 Å². The molecular formula is C18H29N3O. The van der Waals surface area contributed by atoms with Gasteiger partial charge in [0.1, 0.15) is 0 Å². The van der Waals surface area contributed by atoms with Gasteiger partial charge in [-0.3, -0.25) is 4.79 Å². The van der Waals surface area contributed by atoms with Crippen LogP contribution in [0.5, 0.6) is 0 Å². The average Bonchev–Trinajstić information content (AvgIpc) is 2.53. The molecule has 1 fully saturated rings. The number of para-hydroxylation sites is 1. The normalized spacial score (nSPS) is 18.1. The highest BCUT2D eigenvalue weighted by Gasteiger charge is 2.33. The first-order chi connectivity index (χ1) is 10.3. The molecule has 4 nitrogen and oxygen atoms in total. The number of hydrogen-bond donors (Lipinski definition) is 1. The molecule has 0 aliphatic carbocycles. The highest BCUT2D eigenvalue weighted by Crippen LogP contribution is 2.24. The van der Waals surface area contributed by atoms with E-state index in [1.165, 1.54) is 5.69 Å². The Morgan fingerprint density at radius 1 is 1.23 bits per heavy atom. The van der Waals surface area contributed by atoms with Gasteiger partial charge in [0.2, 0.25) is 5.91 Å². The molecule has 1 heterocycles. The summed E-state index contributed by atoms with van der Waals surface area (Å²) < 4.78 is 0. The number of hydrogen-bond acceptors (Lipinski definition) is 3. The number of benzene rings is 1. The molecule has 1 aromatic rings. The Kier molecular flexibility index (Phi) is 5.12. The van der Waals surface area contributed by atoms with Crippen LogP contribution in [0.4, 0.5) is 5.69 Å². The second-order valence-electron chi connectivity index (χ2n) is 7.35. The van der Waals surface area contributed by atoms with Crippen molar-refractivity contribution in [2.45, 2.75) is 45.7 Å². The molecule has 0 saturated carbocycles. The second kappa shape index (κ2) is 6.69. The first kappa shape index (κ1) is 16.8. The number of nitrogens with zero attached hydrogens (tertiary/aromatic N) is 2. The van der Waals surface area contributed by atoms with E-state index in [9.17, 15) is 4.79 Å². The Morgan fingerprint density at radius 3 is 2.27 bits per heavy atom. The molecule has 0 radical (unpaired) electrons. The SMILES string of the molecule is CN(c1ccccc1)C1CCN(C(=O)[C@@H](N)C(C)(C)C)CC1. The van der Waals surface area contributed by atoms with Crippen molar-refractivity contribution in [2.24, 2.45) is 11.1 Å². The molecule has 122 valence electrons. The Balaban J connectivity index is 1.92. The predicted molar refractivity (Wildman–Crippen MR) is 91.9 cm³/mol. The molecule has 22 heavy (non-hydrogen) atoms. The number of piperidine rings is 1. The summed E-state index contributed by atoms with van der Waals surface area (Å²) in [5.41, 5.74) is 7.16. The van der Waals surface area contributed by atoms with Gasteiger partial charge in [0.15, 0.2) is 0 Å². The van der Waals surface area contributed by atoms with Gasteiger partial charge < -0.3 is 15.5 Å². The minimum Gasteiger partial charge on any atom is -0.371 e. The molecule has 2 N–H and O–H groups in total. The van der Waals surface area contributed by atoms with Crippen LogP contribution in [0.3, 0.4) is 0 Å². The Labute approximate surface area is 134 Å². The summed E-state index contributed by atoms with van der Waals surface area (Å²) in [7, 11) is 2.14. The smallest absolute Gasteiger partial charge is 0.240 e. The quantitative estimate of drug-likeness (QED) is 0.933. The van der Waals surface area contributed by atoms with Crippen molar-refractivity contribution >= 4 is 11.6 Å². The van der Waals surface area contributed by atoms with Crippen LogP contribution in [-0.2, 0) is 4.79 Å². The van der Waals surface area contributed by atoms with Gasteiger partial charge >= 0.3 is 0 Å². The molecule has 1 saturated heterocycles. The molecule has 4 heteroatoms. The van der Waals surface area contributed by atoms with Gasteiger partial charge in [0.25, 0.3) is 0 Å². The number of carbonyl (C=O) groups excluding carboxylic acids is 1. The van der Waals surface area contributed by atoms with Crippen molar-refractivity contribution < 1.29 is 4.79 Å². The lowest BCUT2D eigenvalue weighted by molar-refractivity contribution is -0.136. The number of anilines is 1. The lowest BCUT2D eigenvalue weighted by atomic mass is 9.86. The molecule has 1 atom stereocenters. The molecule has 1 amide bonds. The van der Waals surface area contributed by atoms with E-state index >= 15 is 0 Å². The molecule has 1 aromatic carbocycles. The second-order valence-corrected chi connectivity index (χ2v) is 7.35. The van der Waals surface area contributed by atoms with E-state index < -0.39 is 6.04 Å². The first-order valence-electron chi connectivity index (χ1n) is 8.13. The number of nitrogens with two attached hydrogens (primary N) is 1. The lowest BCUT2D eigenvalue weighted by Crippen LogP contribution is -2.54. The Bertz CT molecular complexity index is 487. The third-order valence-electron chi connectivity index (χ3n) is 4.69. The van der Waals surface area contributed by atoms with E-state index in [-0.39, 0.29) is 11.3 Å². The summed E-state index contributed by atoms with van der Waals surface area (Å²) in [4.78, 5) is 16.7. The van der Waals surface area contributed by atoms with Crippen molar-refractivity contribution in [3.8, 4) is 0 Å². The van der Waals surface area contributed by atoms with E-state index in [1.54, 1.807) is 0 Å². The van der Waals surface area contributed by atoms with Gasteiger partial charge in [-0.25, -0.2) is 0 Å². The fraction of sp³-hybridized carbons (Fsp3) is 0.611. The molecule has 2 rings (SSSR count). The monoisotopic (exact) mass is 303 g/mol. The number of amides is 1. The van der Waals surface area contributed by atoms with Crippen molar-refractivity contribution in [3.05, 3.63) is 30.3 Å². The first-order valence-corrected chi connectivity index (χ1v) is 8.13. The summed E-state index contributed by atoms with van der Waals surface area (Å²) in [6.45, 7) is 7.65. The fourth-order valence-corrected chi connectivity index (χ4v) is 2.91. The zero-order chi connectivity index (χ0) is 16.3. The maximum absolute atomic E-state index is 12.5. The van der Waals surface area contributed by atoms with Crippen LogP contribution < -0.4 is 10.6 Å². The van der Waals surface area contributed by atoms with Crippen molar-refractivity contribution in [2.75, 3.05) is 25.0 Å². The van der Waals surface area contributed by atoms with Gasteiger partial charge in [-0.1, -0.05) is 39.0 Å². The summed E-state index contributed by atoms with van der Waals surface area (Å²) in [5, 5.41) is 0. The van der Waals surface area contributed by atoms with E-state index in [4.69, 9.17) is 5.73 Å². The third-order valence-corrected chi connectivity index (χ3v) is 4.69. The zero-order valence-corrected chi connectivity index (χ0v) is 14.2. The van der Waals surface area contributed by atoms with E-state index in [0.29, 0.717) is 6.04 Å². The number of likely N-dealkylation sites (tertiary alicyclic amines) is 1. The highest BCUT2D eigenvalue weighted by atomic mass is 16.2. The molecular weight excluding hydrogens is 274 g/mol. The molecule has 1 aliphatic rings. The van der Waals surface area contributed by atoms with Gasteiger partial charge in [-0.05, 0) is 30.4 Å². The van der Waals surface area contributed by atoms with Gasteiger partial charge in [0.05, 0.1) is 6.04 Å². The fourth-order valence-electron chi connectivity index (χ4n) is 2.91. The molecule has 0 aromatic heterocycles. The van der Waals surface area contributed by atoms with Crippen molar-refractivity contribution in [1.29, 1.82) is 0 Å². The van der Waals surface area contributed by atoms with Gasteiger partial charge in [-0.2, -0.15) is 0 Å². The zero-order valence-electron chi connectivity index (χ0n) is 14.2. The highest BCUT2D eigenvalue weighted by molar-refractivity contribution is 5.82. The van der Waals surface area contributed by atoms with E-state index in [1.807, 2.05) is 31.7 Å². The van der Waals surface area contributed by atoms with Crippen LogP contribution in [0.15, 0.2) is 30.3 Å². The van der Waals surface area contributed by atoms with Crippen LogP contribution in [0.1, 0.15) is 33.6 Å². The topological polar surface area (TPSA) is 49.6 Å². The third kappa shape index (κ3) is 3.80. The standard InChI is InChI=1S/C18H29N3O/c1-18(2,3)16(19)17(22)21-12-10-15(11-13-21)20(4)14-8-6-5-7-9-14/h5-9,15-16H,10-13,19H2,1-4H3/t16-/m1/s1. The van der Waals surface area contributed by atoms with Gasteiger partial charge in [-0.15, -0.1) is 0 Å². The van der Waals surface area contributed by atoms with Crippen LogP contribution in [0.2, 0.25) is 0 Å².